The maximum atomic E-state index is 12.4. The third-order valence-electron chi connectivity index (χ3n) is 6.88. The van der Waals surface area contributed by atoms with Crippen LogP contribution in [0.4, 0.5) is 5.82 Å². The van der Waals surface area contributed by atoms with Gasteiger partial charge < -0.3 is 55.2 Å². The number of hydrogen-bond acceptors (Lipinski definition) is 21. The van der Waals surface area contributed by atoms with E-state index in [9.17, 15) is 67.8 Å². The number of aromatic nitrogens is 6. The van der Waals surface area contributed by atoms with Gasteiger partial charge in [-0.05, 0) is 0 Å². The molecular weight excluding hydrogens is 786 g/mol. The molecule has 0 radical (unpaired) electrons. The third kappa shape index (κ3) is 9.12. The van der Waals surface area contributed by atoms with Crippen LogP contribution in [-0.4, -0.2) is 119 Å². The van der Waals surface area contributed by atoms with Gasteiger partial charge in [-0.25, -0.2) is 38.0 Å². The molecule has 28 nitrogen and oxygen atoms in total. The third-order valence-corrected chi connectivity index (χ3v) is 12.8. The normalized spacial score (nSPS) is 31.5. The minimum atomic E-state index is -6.22. The summed E-state index contributed by atoms with van der Waals surface area (Å²) in [5, 5.41) is 41.2. The number of anilines is 1. The molecule has 284 valence electrons. The molecule has 0 saturated carbocycles. The highest BCUT2D eigenvalue weighted by Crippen LogP contribution is 2.71. The van der Waals surface area contributed by atoms with Crippen molar-refractivity contribution in [2.24, 2.45) is 0 Å². The Kier molecular flexibility index (Phi) is 11.4. The smallest absolute Gasteiger partial charge is 0.387 e. The predicted molar refractivity (Wildman–Crippen MR) is 157 cm³/mol. The molecule has 3 aromatic heterocycles. The molecular formula is C19H27N7O21P4. The second-order valence-electron chi connectivity index (χ2n) is 10.4. The Bertz CT molecular complexity index is 2080. The maximum Gasteiger partial charge on any atom is 0.490 e. The Morgan fingerprint density at radius 2 is 1.24 bits per heavy atom. The number of rotatable bonds is 14. The van der Waals surface area contributed by atoms with Crippen LogP contribution in [0.1, 0.15) is 12.5 Å². The molecule has 0 spiro atoms. The number of aliphatic hydroxyl groups is 4. The van der Waals surface area contributed by atoms with Gasteiger partial charge in [0.2, 0.25) is 0 Å². The van der Waals surface area contributed by atoms with E-state index in [1.165, 1.54) is 0 Å². The highest BCUT2D eigenvalue weighted by atomic mass is 31.3. The Morgan fingerprint density at radius 1 is 0.745 bits per heavy atom. The van der Waals surface area contributed by atoms with Gasteiger partial charge in [0.05, 0.1) is 19.5 Å². The molecule has 51 heavy (non-hydrogen) atoms. The van der Waals surface area contributed by atoms with E-state index in [1.54, 1.807) is 0 Å². The van der Waals surface area contributed by atoms with Gasteiger partial charge in [0, 0.05) is 12.3 Å². The highest BCUT2D eigenvalue weighted by Gasteiger charge is 2.50. The Hall–Kier alpha value is -2.65. The lowest BCUT2D eigenvalue weighted by Gasteiger charge is -2.21. The quantitative estimate of drug-likeness (QED) is 0.0712. The van der Waals surface area contributed by atoms with Gasteiger partial charge >= 0.3 is 37.0 Å². The number of nitrogen functional groups attached to an aromatic ring is 1. The van der Waals surface area contributed by atoms with Gasteiger partial charge in [0.25, 0.3) is 5.56 Å². The number of H-pyrrole nitrogens is 1. The fraction of sp³-hybridized carbons (Fsp3) is 0.526. The van der Waals surface area contributed by atoms with Gasteiger partial charge in [-0.15, -0.1) is 0 Å². The second kappa shape index (κ2) is 14.6. The van der Waals surface area contributed by atoms with E-state index in [4.69, 9.17) is 15.2 Å². The zero-order valence-corrected chi connectivity index (χ0v) is 28.4. The topological polar surface area (TPSA) is 419 Å². The molecule has 2 aliphatic heterocycles. The molecule has 5 heterocycles. The zero-order chi connectivity index (χ0) is 37.7. The summed E-state index contributed by atoms with van der Waals surface area (Å²) in [5.41, 5.74) is 4.02. The summed E-state index contributed by atoms with van der Waals surface area (Å²) in [4.78, 5) is 76.1. The van der Waals surface area contributed by atoms with Crippen molar-refractivity contribution in [3.8, 4) is 0 Å². The largest absolute Gasteiger partial charge is 0.490 e. The number of phosphoric ester groups is 2. The Balaban J connectivity index is 1.14. The van der Waals surface area contributed by atoms with Crippen molar-refractivity contribution in [2.45, 2.75) is 49.1 Å². The first-order valence-corrected chi connectivity index (χ1v) is 19.6. The van der Waals surface area contributed by atoms with E-state index < -0.39 is 105 Å². The molecule has 0 amide bonds. The van der Waals surface area contributed by atoms with Crippen molar-refractivity contribution in [3.05, 3.63) is 45.8 Å². The Labute approximate surface area is 281 Å². The van der Waals surface area contributed by atoms with Crippen molar-refractivity contribution >= 4 is 48.3 Å². The van der Waals surface area contributed by atoms with E-state index in [2.05, 4.69) is 36.9 Å². The van der Waals surface area contributed by atoms with Crippen LogP contribution >= 0.6 is 31.3 Å². The predicted octanol–water partition coefficient (Wildman–Crippen LogP) is -3.32. The first-order valence-electron chi connectivity index (χ1n) is 13.6. The number of nitrogens with zero attached hydrogens (tertiary/aromatic N) is 5. The van der Waals surface area contributed by atoms with Crippen LogP contribution in [0.15, 0.2) is 34.5 Å². The minimum absolute atomic E-state index is 0.0228. The van der Waals surface area contributed by atoms with Gasteiger partial charge in [0.1, 0.15) is 48.5 Å². The van der Waals surface area contributed by atoms with Gasteiger partial charge in [-0.1, -0.05) is 0 Å². The van der Waals surface area contributed by atoms with Crippen LogP contribution in [-0.2, 0) is 49.7 Å². The van der Waals surface area contributed by atoms with Gasteiger partial charge in [-0.3, -0.25) is 28.0 Å². The number of nitrogens with two attached hydrogens (primary N) is 1. The van der Waals surface area contributed by atoms with Crippen molar-refractivity contribution in [1.82, 2.24) is 29.1 Å². The van der Waals surface area contributed by atoms with Crippen LogP contribution in [0.3, 0.4) is 0 Å². The summed E-state index contributed by atoms with van der Waals surface area (Å²) in [6, 6.07) is 0.876. The molecule has 5 rings (SSSR count). The van der Waals surface area contributed by atoms with Crippen molar-refractivity contribution in [1.29, 1.82) is 0 Å². The monoisotopic (exact) mass is 813 g/mol. The summed E-state index contributed by atoms with van der Waals surface area (Å²) in [6.07, 6.45) is -10.6. The summed E-state index contributed by atoms with van der Waals surface area (Å²) in [7, 11) is -24.0. The van der Waals surface area contributed by atoms with Crippen LogP contribution in [0.2, 0.25) is 0 Å². The van der Waals surface area contributed by atoms with E-state index in [1.807, 2.05) is 4.98 Å². The maximum absolute atomic E-state index is 12.4. The molecule has 11 N–H and O–H groups in total. The molecule has 0 aromatic carbocycles. The number of fused-ring (bicyclic) bond motifs is 1. The minimum Gasteiger partial charge on any atom is -0.387 e. The molecule has 32 heteroatoms. The first kappa shape index (κ1) is 39.6. The average molecular weight is 813 g/mol. The SMILES string of the molecule is Nc1ncnc2c1ncn2[C@@H]1O[C@H](COP(=O)(O)OP(=O)(O)OP(=O)(O)OP(=O)(O)OCC2O[C@@H](n3ccc(=O)[nH]c3=O)[C@H](O)[C@@H]2O)[C@@H](O)[C@H]1O. The van der Waals surface area contributed by atoms with Gasteiger partial charge in [-0.2, -0.15) is 12.9 Å². The fourth-order valence-corrected chi connectivity index (χ4v) is 9.63. The molecule has 2 fully saturated rings. The number of imidazole rings is 1. The lowest BCUT2D eigenvalue weighted by atomic mass is 10.1. The molecule has 5 unspecified atom stereocenters. The zero-order valence-electron chi connectivity index (χ0n) is 24.8. The lowest BCUT2D eigenvalue weighted by Crippen LogP contribution is -2.37. The Morgan fingerprint density at radius 3 is 1.75 bits per heavy atom. The van der Waals surface area contributed by atoms with Crippen LogP contribution in [0.5, 0.6) is 0 Å². The number of aromatic amines is 1. The standard InChI is InChI=1S/C19H27N7O21P4/c20-15-10-16(22-5-21-15)26(6-23-10)18-14(31)12(29)8(44-18)4-42-49(35,36)46-51(39,40)47-50(37,38)45-48(33,34)41-3-7-11(28)13(30)17(43-7)25-2-1-9(27)24-19(25)32/h1-2,5-8,11-14,17-18,28-31H,3-4H2,(H,33,34)(H,35,36)(H,37,38)(H,39,40)(H2,20,21,22)(H,24,27,32)/t7?,8-,11-,12-,13-,14-,17-,18-/m1/s1. The molecule has 12 atom stereocenters. The van der Waals surface area contributed by atoms with Crippen LogP contribution < -0.4 is 17.0 Å². The summed E-state index contributed by atoms with van der Waals surface area (Å²) in [6.45, 7) is -2.32. The summed E-state index contributed by atoms with van der Waals surface area (Å²) in [5.74, 6) is -0.0228. The fourth-order valence-electron chi connectivity index (χ4n) is 4.68. The van der Waals surface area contributed by atoms with Crippen molar-refractivity contribution < 1.29 is 89.7 Å². The molecule has 2 saturated heterocycles. The molecule has 3 aromatic rings. The number of nitrogens with one attached hydrogen (secondary N) is 1. The molecule has 2 aliphatic rings. The highest BCUT2D eigenvalue weighted by molar-refractivity contribution is 7.69. The van der Waals surface area contributed by atoms with E-state index in [-0.39, 0.29) is 17.0 Å². The van der Waals surface area contributed by atoms with E-state index >= 15 is 0 Å². The summed E-state index contributed by atoms with van der Waals surface area (Å²) >= 11 is 0. The van der Waals surface area contributed by atoms with Gasteiger partial charge in [0.15, 0.2) is 23.9 Å². The number of hydrogen-bond donors (Lipinski definition) is 10. The number of phosphoric acid groups is 4. The van der Waals surface area contributed by atoms with E-state index in [0.717, 1.165) is 29.5 Å². The van der Waals surface area contributed by atoms with Crippen LogP contribution in [0.25, 0.3) is 11.2 Å². The van der Waals surface area contributed by atoms with Crippen LogP contribution in [0, 0.1) is 0 Å². The van der Waals surface area contributed by atoms with Crippen molar-refractivity contribution in [2.75, 3.05) is 18.9 Å². The lowest BCUT2D eigenvalue weighted by molar-refractivity contribution is -0.0542. The molecule has 0 aliphatic carbocycles. The van der Waals surface area contributed by atoms with Crippen molar-refractivity contribution in [3.63, 3.8) is 0 Å². The average Bonchev–Trinajstić information content (AvgIpc) is 3.64. The second-order valence-corrected chi connectivity index (χ2v) is 16.6. The first-order chi connectivity index (χ1) is 23.6. The number of aliphatic hydroxyl groups excluding tert-OH is 4. The summed E-state index contributed by atoms with van der Waals surface area (Å²) < 4.78 is 82.0. The van der Waals surface area contributed by atoms with E-state index in [0.29, 0.717) is 4.57 Å². The molecule has 0 bridgehead atoms. The number of ether oxygens (including phenoxy) is 2.